The van der Waals surface area contributed by atoms with Crippen molar-refractivity contribution in [3.05, 3.63) is 74.2 Å². The molecule has 0 spiro atoms. The van der Waals surface area contributed by atoms with Crippen LogP contribution in [0, 0.1) is 0 Å². The Morgan fingerprint density at radius 2 is 1.08 bits per heavy atom. The highest BCUT2D eigenvalue weighted by Crippen LogP contribution is 2.29. The molecule has 0 heterocycles. The quantitative estimate of drug-likeness (QED) is 0.536. The minimum atomic E-state index is -0.392. The number of halogens is 2. The molecule has 0 aromatic heterocycles. The number of ether oxygens (including phenoxy) is 2. The van der Waals surface area contributed by atoms with Crippen molar-refractivity contribution in [2.75, 3.05) is 13.2 Å². The van der Waals surface area contributed by atoms with Crippen LogP contribution in [0.2, 0.25) is 0 Å². The Morgan fingerprint density at radius 3 is 1.38 bits per heavy atom. The maximum absolute atomic E-state index is 11.3. The first kappa shape index (κ1) is 20.4. The van der Waals surface area contributed by atoms with E-state index in [9.17, 15) is 9.59 Å². The lowest BCUT2D eigenvalue weighted by Gasteiger charge is -2.17. The summed E-state index contributed by atoms with van der Waals surface area (Å²) < 4.78 is 12.3. The van der Waals surface area contributed by atoms with Crippen LogP contribution in [0.5, 0.6) is 0 Å². The zero-order chi connectivity index (χ0) is 19.1. The molecular weight excluding hydrogens is 464 g/mol. The summed E-state index contributed by atoms with van der Waals surface area (Å²) in [6, 6.07) is 15.6. The second-order valence-electron chi connectivity index (χ2n) is 5.55. The average Bonchev–Trinajstić information content (AvgIpc) is 2.59. The van der Waals surface area contributed by atoms with E-state index in [2.05, 4.69) is 31.9 Å². The van der Waals surface area contributed by atoms with Crippen LogP contribution >= 0.6 is 31.9 Å². The van der Waals surface area contributed by atoms with E-state index in [0.717, 1.165) is 25.6 Å². The van der Waals surface area contributed by atoms with Gasteiger partial charge >= 0.3 is 11.9 Å². The van der Waals surface area contributed by atoms with E-state index in [4.69, 9.17) is 9.47 Å². The van der Waals surface area contributed by atoms with Crippen molar-refractivity contribution in [2.45, 2.75) is 13.8 Å². The summed E-state index contributed by atoms with van der Waals surface area (Å²) in [6.07, 6.45) is 0. The standard InChI is InChI=1S/C20H18Br2O4/c1-13(23)25-11-17(12-26-14(2)24)20(15-3-7-18(21)8-4-15)16-5-9-19(22)10-6-16/h3-10H,11-12H2,1-2H3. The van der Waals surface area contributed by atoms with E-state index in [1.165, 1.54) is 13.8 Å². The number of benzene rings is 2. The van der Waals surface area contributed by atoms with Crippen LogP contribution in [0.1, 0.15) is 25.0 Å². The maximum atomic E-state index is 11.3. The molecule has 6 heteroatoms. The Morgan fingerprint density at radius 1 is 0.731 bits per heavy atom. The second kappa shape index (κ2) is 9.69. The van der Waals surface area contributed by atoms with Gasteiger partial charge in [-0.2, -0.15) is 0 Å². The Hall–Kier alpha value is -1.92. The van der Waals surface area contributed by atoms with Crippen molar-refractivity contribution in [1.29, 1.82) is 0 Å². The predicted octanol–water partition coefficient (Wildman–Crippen LogP) is 5.14. The first-order valence-corrected chi connectivity index (χ1v) is 9.46. The highest BCUT2D eigenvalue weighted by Gasteiger charge is 2.15. The number of esters is 2. The lowest BCUT2D eigenvalue weighted by atomic mass is 9.93. The van der Waals surface area contributed by atoms with Crippen molar-refractivity contribution in [1.82, 2.24) is 0 Å². The van der Waals surface area contributed by atoms with Crippen molar-refractivity contribution in [2.24, 2.45) is 0 Å². The van der Waals surface area contributed by atoms with Crippen LogP contribution < -0.4 is 0 Å². The molecule has 0 saturated heterocycles. The van der Waals surface area contributed by atoms with E-state index < -0.39 is 11.9 Å². The minimum absolute atomic E-state index is 0.0457. The maximum Gasteiger partial charge on any atom is 0.302 e. The summed E-state index contributed by atoms with van der Waals surface area (Å²) in [6.45, 7) is 2.79. The Bertz CT molecular complexity index is 741. The molecule has 0 saturated carbocycles. The largest absolute Gasteiger partial charge is 0.461 e. The summed E-state index contributed by atoms with van der Waals surface area (Å²) in [5.41, 5.74) is 3.45. The van der Waals surface area contributed by atoms with Gasteiger partial charge in [0.25, 0.3) is 0 Å². The molecule has 2 aromatic carbocycles. The lowest BCUT2D eigenvalue weighted by molar-refractivity contribution is -0.141. The van der Waals surface area contributed by atoms with Crippen molar-refractivity contribution in [3.63, 3.8) is 0 Å². The van der Waals surface area contributed by atoms with E-state index in [-0.39, 0.29) is 13.2 Å². The zero-order valence-electron chi connectivity index (χ0n) is 14.4. The smallest absolute Gasteiger partial charge is 0.302 e. The molecule has 2 rings (SSSR count). The van der Waals surface area contributed by atoms with Gasteiger partial charge in [0.05, 0.1) is 0 Å². The zero-order valence-corrected chi connectivity index (χ0v) is 17.6. The Kier molecular flexibility index (Phi) is 7.60. The van der Waals surface area contributed by atoms with Crippen LogP contribution in [0.25, 0.3) is 5.57 Å². The summed E-state index contributed by atoms with van der Waals surface area (Å²) in [7, 11) is 0. The number of carbonyl (C=O) groups is 2. The van der Waals surface area contributed by atoms with Gasteiger partial charge in [-0.05, 0) is 41.0 Å². The molecule has 0 aliphatic rings. The van der Waals surface area contributed by atoms with Gasteiger partial charge in [-0.3, -0.25) is 9.59 Å². The summed E-state index contributed by atoms with van der Waals surface area (Å²) in [5, 5.41) is 0. The molecule has 0 radical (unpaired) electrons. The van der Waals surface area contributed by atoms with Crippen molar-refractivity contribution < 1.29 is 19.1 Å². The first-order chi connectivity index (χ1) is 12.4. The Balaban J connectivity index is 2.58. The van der Waals surface area contributed by atoms with Crippen LogP contribution in [0.15, 0.2) is 63.0 Å². The average molecular weight is 482 g/mol. The second-order valence-corrected chi connectivity index (χ2v) is 7.38. The molecule has 0 bridgehead atoms. The van der Waals surface area contributed by atoms with Crippen LogP contribution in [-0.2, 0) is 19.1 Å². The van der Waals surface area contributed by atoms with Crippen molar-refractivity contribution in [3.8, 4) is 0 Å². The first-order valence-electron chi connectivity index (χ1n) is 7.87. The molecule has 0 N–H and O–H groups in total. The number of hydrogen-bond acceptors (Lipinski definition) is 4. The monoisotopic (exact) mass is 480 g/mol. The SMILES string of the molecule is CC(=O)OCC(COC(C)=O)=C(c1ccc(Br)cc1)c1ccc(Br)cc1. The van der Waals surface area contributed by atoms with Gasteiger partial charge in [0.2, 0.25) is 0 Å². The van der Waals surface area contributed by atoms with E-state index in [1.807, 2.05) is 48.5 Å². The van der Waals surface area contributed by atoms with Crippen LogP contribution in [-0.4, -0.2) is 25.2 Å². The molecule has 0 atom stereocenters. The predicted molar refractivity (Wildman–Crippen MR) is 108 cm³/mol. The molecule has 4 nitrogen and oxygen atoms in total. The third-order valence-corrected chi connectivity index (χ3v) is 4.58. The van der Waals surface area contributed by atoms with Gasteiger partial charge in [0.15, 0.2) is 0 Å². The fraction of sp³-hybridized carbons (Fsp3) is 0.200. The van der Waals surface area contributed by atoms with Crippen molar-refractivity contribution >= 4 is 49.4 Å². The van der Waals surface area contributed by atoms with Gasteiger partial charge in [-0.15, -0.1) is 0 Å². The van der Waals surface area contributed by atoms with Gasteiger partial charge in [0.1, 0.15) is 13.2 Å². The van der Waals surface area contributed by atoms with E-state index >= 15 is 0 Å². The van der Waals surface area contributed by atoms with Crippen LogP contribution in [0.4, 0.5) is 0 Å². The summed E-state index contributed by atoms with van der Waals surface area (Å²) in [5.74, 6) is -0.785. The van der Waals surface area contributed by atoms with Gasteiger partial charge in [-0.25, -0.2) is 0 Å². The molecule has 0 unspecified atom stereocenters. The molecule has 2 aromatic rings. The number of hydrogen-bond donors (Lipinski definition) is 0. The molecule has 26 heavy (non-hydrogen) atoms. The summed E-state index contributed by atoms with van der Waals surface area (Å²) >= 11 is 6.87. The molecule has 136 valence electrons. The topological polar surface area (TPSA) is 52.6 Å². The van der Waals surface area contributed by atoms with Gasteiger partial charge in [0, 0.05) is 28.4 Å². The third kappa shape index (κ3) is 6.11. The molecule has 0 aliphatic heterocycles. The fourth-order valence-corrected chi connectivity index (χ4v) is 2.90. The van der Waals surface area contributed by atoms with E-state index in [0.29, 0.717) is 5.57 Å². The minimum Gasteiger partial charge on any atom is -0.461 e. The molecule has 0 amide bonds. The van der Waals surface area contributed by atoms with Gasteiger partial charge in [-0.1, -0.05) is 56.1 Å². The fourth-order valence-electron chi connectivity index (χ4n) is 2.37. The third-order valence-electron chi connectivity index (χ3n) is 3.52. The molecule has 0 fully saturated rings. The van der Waals surface area contributed by atoms with Crippen LogP contribution in [0.3, 0.4) is 0 Å². The van der Waals surface area contributed by atoms with Gasteiger partial charge < -0.3 is 9.47 Å². The number of rotatable bonds is 6. The number of carbonyl (C=O) groups excluding carboxylic acids is 2. The highest BCUT2D eigenvalue weighted by atomic mass is 79.9. The lowest BCUT2D eigenvalue weighted by Crippen LogP contribution is -2.13. The highest BCUT2D eigenvalue weighted by molar-refractivity contribution is 9.10. The molecular formula is C20H18Br2O4. The Labute approximate surface area is 169 Å². The normalized spacial score (nSPS) is 10.2. The summed E-state index contributed by atoms with van der Waals surface area (Å²) in [4.78, 5) is 22.6. The molecule has 0 aliphatic carbocycles. The van der Waals surface area contributed by atoms with E-state index in [1.54, 1.807) is 0 Å².